The van der Waals surface area contributed by atoms with Crippen molar-refractivity contribution in [2.24, 2.45) is 5.92 Å². The van der Waals surface area contributed by atoms with Crippen molar-refractivity contribution in [2.75, 3.05) is 7.11 Å². The molecule has 0 bridgehead atoms. The Hall–Kier alpha value is -0.800. The Bertz CT molecular complexity index is 429. The smallest absolute Gasteiger partial charge is 0.133 e. The van der Waals surface area contributed by atoms with E-state index in [2.05, 4.69) is 28.1 Å². The van der Waals surface area contributed by atoms with E-state index in [1.807, 2.05) is 18.2 Å². The molecule has 1 N–H and O–H groups in total. The number of hydrogen-bond donors (Lipinski definition) is 1. The van der Waals surface area contributed by atoms with Crippen LogP contribution in [0.5, 0.6) is 5.75 Å². The van der Waals surface area contributed by atoms with E-state index in [4.69, 9.17) is 4.74 Å². The number of ether oxygens (including phenoxy) is 1. The van der Waals surface area contributed by atoms with E-state index in [0.717, 1.165) is 35.0 Å². The van der Waals surface area contributed by atoms with E-state index in [9.17, 15) is 5.11 Å². The Labute approximate surface area is 117 Å². The summed E-state index contributed by atoms with van der Waals surface area (Å²) in [7, 11) is 1.66. The summed E-state index contributed by atoms with van der Waals surface area (Å²) in [6.45, 7) is 0. The molecular formula is C15H19BrO2. The van der Waals surface area contributed by atoms with E-state index in [-0.39, 0.29) is 6.10 Å². The minimum Gasteiger partial charge on any atom is -0.496 e. The summed E-state index contributed by atoms with van der Waals surface area (Å²) in [5, 5.41) is 10.3. The summed E-state index contributed by atoms with van der Waals surface area (Å²) in [5.74, 6) is 1.23. The zero-order valence-electron chi connectivity index (χ0n) is 10.6. The maximum absolute atomic E-state index is 10.3. The van der Waals surface area contributed by atoms with Crippen LogP contribution in [0.25, 0.3) is 0 Å². The topological polar surface area (TPSA) is 29.5 Å². The Morgan fingerprint density at radius 2 is 2.28 bits per heavy atom. The lowest BCUT2D eigenvalue weighted by molar-refractivity contribution is 0.102. The molecule has 0 aliphatic heterocycles. The summed E-state index contributed by atoms with van der Waals surface area (Å²) in [6.07, 6.45) is 8.02. The van der Waals surface area contributed by atoms with Gasteiger partial charge in [-0.2, -0.15) is 0 Å². The summed E-state index contributed by atoms with van der Waals surface area (Å²) in [4.78, 5) is 0. The minimum absolute atomic E-state index is 0.254. The van der Waals surface area contributed by atoms with Crippen molar-refractivity contribution >= 4 is 15.9 Å². The molecule has 1 aromatic carbocycles. The van der Waals surface area contributed by atoms with Gasteiger partial charge in [0.05, 0.1) is 17.7 Å². The second-order valence-electron chi connectivity index (χ2n) is 4.78. The molecule has 2 atom stereocenters. The molecule has 2 rings (SSSR count). The number of aliphatic hydroxyl groups excluding tert-OH is 1. The van der Waals surface area contributed by atoms with Crippen LogP contribution in [-0.4, -0.2) is 18.3 Å². The van der Waals surface area contributed by atoms with Gasteiger partial charge in [-0.15, -0.1) is 0 Å². The fourth-order valence-corrected chi connectivity index (χ4v) is 3.00. The molecule has 3 heteroatoms. The van der Waals surface area contributed by atoms with Crippen LogP contribution in [0.15, 0.2) is 34.8 Å². The number of methoxy groups -OCH3 is 1. The Balaban J connectivity index is 2.00. The number of rotatable bonds is 4. The minimum atomic E-state index is -0.254. The molecule has 0 saturated heterocycles. The Morgan fingerprint density at radius 1 is 1.44 bits per heavy atom. The third-order valence-electron chi connectivity index (χ3n) is 3.51. The molecule has 98 valence electrons. The van der Waals surface area contributed by atoms with Gasteiger partial charge in [0, 0.05) is 0 Å². The van der Waals surface area contributed by atoms with Crippen LogP contribution in [0, 0.1) is 5.92 Å². The number of aliphatic hydroxyl groups is 1. The Morgan fingerprint density at radius 3 is 2.89 bits per heavy atom. The lowest BCUT2D eigenvalue weighted by atomic mass is 9.86. The van der Waals surface area contributed by atoms with E-state index < -0.39 is 0 Å². The van der Waals surface area contributed by atoms with Gasteiger partial charge in [0.1, 0.15) is 5.75 Å². The number of benzene rings is 1. The molecule has 0 aromatic heterocycles. The number of halogens is 1. The fourth-order valence-electron chi connectivity index (χ4n) is 2.41. The monoisotopic (exact) mass is 310 g/mol. The van der Waals surface area contributed by atoms with Gasteiger partial charge in [0.2, 0.25) is 0 Å². The van der Waals surface area contributed by atoms with Crippen molar-refractivity contribution in [3.05, 3.63) is 40.4 Å². The summed E-state index contributed by atoms with van der Waals surface area (Å²) in [6, 6.07) is 5.99. The number of hydrogen-bond acceptors (Lipinski definition) is 2. The van der Waals surface area contributed by atoms with Crippen molar-refractivity contribution in [1.82, 2.24) is 0 Å². The van der Waals surface area contributed by atoms with Gasteiger partial charge in [-0.25, -0.2) is 0 Å². The van der Waals surface area contributed by atoms with Crippen molar-refractivity contribution < 1.29 is 9.84 Å². The predicted octanol–water partition coefficient (Wildman–Crippen LogP) is 3.72. The molecule has 1 aromatic rings. The van der Waals surface area contributed by atoms with E-state index in [1.165, 1.54) is 0 Å². The van der Waals surface area contributed by atoms with Crippen LogP contribution in [-0.2, 0) is 6.42 Å². The van der Waals surface area contributed by atoms with Crippen LogP contribution in [0.1, 0.15) is 24.8 Å². The molecule has 0 fully saturated rings. The fraction of sp³-hybridized carbons (Fsp3) is 0.467. The number of allylic oxidation sites excluding steroid dienone is 2. The Kier molecular flexibility index (Phi) is 4.84. The molecule has 0 radical (unpaired) electrons. The molecule has 2 nitrogen and oxygen atoms in total. The van der Waals surface area contributed by atoms with Gasteiger partial charge >= 0.3 is 0 Å². The second kappa shape index (κ2) is 6.39. The molecule has 0 amide bonds. The van der Waals surface area contributed by atoms with Crippen LogP contribution in [0.2, 0.25) is 0 Å². The van der Waals surface area contributed by atoms with Gasteiger partial charge in [0.15, 0.2) is 0 Å². The summed E-state index contributed by atoms with van der Waals surface area (Å²) < 4.78 is 6.15. The molecule has 1 aliphatic carbocycles. The first-order valence-corrected chi connectivity index (χ1v) is 7.15. The van der Waals surface area contributed by atoms with Crippen LogP contribution < -0.4 is 4.74 Å². The maximum Gasteiger partial charge on any atom is 0.133 e. The first-order chi connectivity index (χ1) is 8.70. The normalized spacial score (nSPS) is 20.7. The van der Waals surface area contributed by atoms with E-state index >= 15 is 0 Å². The van der Waals surface area contributed by atoms with Crippen molar-refractivity contribution in [3.63, 3.8) is 0 Å². The van der Waals surface area contributed by atoms with Gasteiger partial charge < -0.3 is 9.84 Å². The predicted molar refractivity (Wildman–Crippen MR) is 76.9 cm³/mol. The third kappa shape index (κ3) is 3.36. The molecule has 2 unspecified atom stereocenters. The zero-order valence-corrected chi connectivity index (χ0v) is 12.2. The highest BCUT2D eigenvalue weighted by Gasteiger charge is 2.19. The highest BCUT2D eigenvalue weighted by Crippen LogP contribution is 2.28. The standard InChI is InChI=1S/C15H19BrO2/c1-18-15-8-7-11(9-13(15)16)10-14(17)12-5-3-2-4-6-12/h2-3,7-9,12,14,17H,4-6,10H2,1H3. The average molecular weight is 311 g/mol. The molecule has 0 heterocycles. The molecule has 0 saturated carbocycles. The first kappa shape index (κ1) is 13.6. The van der Waals surface area contributed by atoms with Gasteiger partial charge in [0.25, 0.3) is 0 Å². The van der Waals surface area contributed by atoms with Crippen molar-refractivity contribution in [3.8, 4) is 5.75 Å². The lowest BCUT2D eigenvalue weighted by Gasteiger charge is -2.24. The highest BCUT2D eigenvalue weighted by atomic mass is 79.9. The zero-order chi connectivity index (χ0) is 13.0. The molecule has 18 heavy (non-hydrogen) atoms. The van der Waals surface area contributed by atoms with Crippen molar-refractivity contribution in [2.45, 2.75) is 31.8 Å². The maximum atomic E-state index is 10.3. The highest BCUT2D eigenvalue weighted by molar-refractivity contribution is 9.10. The quantitative estimate of drug-likeness (QED) is 0.859. The van der Waals surface area contributed by atoms with Crippen LogP contribution in [0.3, 0.4) is 0 Å². The molecular weight excluding hydrogens is 292 g/mol. The van der Waals surface area contributed by atoms with Gasteiger partial charge in [-0.3, -0.25) is 0 Å². The van der Waals surface area contributed by atoms with Gasteiger partial charge in [-0.05, 0) is 65.2 Å². The van der Waals surface area contributed by atoms with Crippen LogP contribution >= 0.6 is 15.9 Å². The second-order valence-corrected chi connectivity index (χ2v) is 5.64. The van der Waals surface area contributed by atoms with Crippen LogP contribution in [0.4, 0.5) is 0 Å². The third-order valence-corrected chi connectivity index (χ3v) is 4.13. The first-order valence-electron chi connectivity index (χ1n) is 6.36. The SMILES string of the molecule is COc1ccc(CC(O)C2CC=CCC2)cc1Br. The lowest BCUT2D eigenvalue weighted by Crippen LogP contribution is -2.23. The molecule has 1 aliphatic rings. The summed E-state index contributed by atoms with van der Waals surface area (Å²) >= 11 is 3.48. The average Bonchev–Trinajstić information content (AvgIpc) is 2.40. The van der Waals surface area contributed by atoms with E-state index in [0.29, 0.717) is 12.3 Å². The van der Waals surface area contributed by atoms with Gasteiger partial charge in [-0.1, -0.05) is 18.2 Å². The van der Waals surface area contributed by atoms with E-state index in [1.54, 1.807) is 7.11 Å². The molecule has 0 spiro atoms. The summed E-state index contributed by atoms with van der Waals surface area (Å²) in [5.41, 5.74) is 1.14. The largest absolute Gasteiger partial charge is 0.496 e. The van der Waals surface area contributed by atoms with Crippen molar-refractivity contribution in [1.29, 1.82) is 0 Å².